The van der Waals surface area contributed by atoms with Gasteiger partial charge in [-0.3, -0.25) is 4.79 Å². The molecule has 2 aliphatic carbocycles. The summed E-state index contributed by atoms with van der Waals surface area (Å²) in [6.45, 7) is 10.7. The zero-order valence-electron chi connectivity index (χ0n) is 15.2. The molecule has 1 saturated heterocycles. The number of aliphatic hydroxyl groups excluding tert-OH is 1. The first-order valence-corrected chi connectivity index (χ1v) is 8.50. The lowest BCUT2D eigenvalue weighted by Crippen LogP contribution is -2.40. The van der Waals surface area contributed by atoms with Crippen LogP contribution < -0.4 is 0 Å². The Morgan fingerprint density at radius 1 is 1.31 bits per heavy atom. The van der Waals surface area contributed by atoms with E-state index in [-0.39, 0.29) is 11.4 Å². The van der Waals surface area contributed by atoms with Crippen molar-refractivity contribution in [2.45, 2.75) is 46.0 Å². The average Bonchev–Trinajstić information content (AvgIpc) is 2.96. The van der Waals surface area contributed by atoms with Crippen LogP contribution in [-0.2, 0) is 23.9 Å². The molecule has 1 aliphatic heterocycles. The molecule has 0 bridgehead atoms. The molecule has 0 saturated carbocycles. The maximum absolute atomic E-state index is 12.5. The van der Waals surface area contributed by atoms with Crippen LogP contribution in [0, 0.1) is 11.8 Å². The van der Waals surface area contributed by atoms with Gasteiger partial charge < -0.3 is 14.6 Å². The molecule has 6 heteroatoms. The number of ketones is 1. The Balaban J connectivity index is 2.11. The molecule has 0 amide bonds. The highest BCUT2D eigenvalue weighted by atomic mass is 16.6. The number of esters is 2. The third-order valence-corrected chi connectivity index (χ3v) is 5.20. The van der Waals surface area contributed by atoms with Crippen molar-refractivity contribution >= 4 is 17.7 Å². The van der Waals surface area contributed by atoms with Crippen molar-refractivity contribution in [3.05, 3.63) is 46.6 Å². The zero-order valence-corrected chi connectivity index (χ0v) is 15.2. The molecule has 0 aromatic heterocycles. The highest BCUT2D eigenvalue weighted by molar-refractivity contribution is 6.09. The number of carbonyl (C=O) groups excluding carboxylic acids is 3. The Kier molecular flexibility index (Phi) is 4.48. The van der Waals surface area contributed by atoms with Gasteiger partial charge in [-0.25, -0.2) is 9.59 Å². The summed E-state index contributed by atoms with van der Waals surface area (Å²) >= 11 is 0. The number of rotatable bonds is 2. The maximum Gasteiger partial charge on any atom is 0.334 e. The van der Waals surface area contributed by atoms with Gasteiger partial charge in [0.25, 0.3) is 0 Å². The Labute approximate surface area is 151 Å². The third-order valence-electron chi connectivity index (χ3n) is 5.20. The Morgan fingerprint density at radius 3 is 2.58 bits per heavy atom. The van der Waals surface area contributed by atoms with Gasteiger partial charge in [0.2, 0.25) is 0 Å². The second-order valence-corrected chi connectivity index (χ2v) is 7.32. The summed E-state index contributed by atoms with van der Waals surface area (Å²) in [5.74, 6) is -2.74. The Bertz CT molecular complexity index is 808. The Hall–Kier alpha value is -2.47. The van der Waals surface area contributed by atoms with Gasteiger partial charge in [-0.05, 0) is 39.3 Å². The minimum absolute atomic E-state index is 0.131. The average molecular weight is 358 g/mol. The second kappa shape index (κ2) is 6.36. The number of carbonyl (C=O) groups is 3. The minimum atomic E-state index is -1.06. The summed E-state index contributed by atoms with van der Waals surface area (Å²) in [5.41, 5.74) is 2.50. The molecule has 0 unspecified atom stereocenters. The first kappa shape index (κ1) is 18.3. The van der Waals surface area contributed by atoms with E-state index in [4.69, 9.17) is 9.47 Å². The lowest BCUT2D eigenvalue weighted by Gasteiger charge is -2.28. The smallest absolute Gasteiger partial charge is 0.334 e. The quantitative estimate of drug-likeness (QED) is 0.598. The zero-order chi connectivity index (χ0) is 19.3. The van der Waals surface area contributed by atoms with Gasteiger partial charge in [0.1, 0.15) is 0 Å². The second-order valence-electron chi connectivity index (χ2n) is 7.32. The summed E-state index contributed by atoms with van der Waals surface area (Å²) in [7, 11) is 0. The van der Waals surface area contributed by atoms with E-state index in [2.05, 4.69) is 6.58 Å². The van der Waals surface area contributed by atoms with E-state index in [1.807, 2.05) is 0 Å². The standard InChI is InChI=1S/C20H22O6/c1-8(2)6-13(22)25-18-10(4)15-12(21)7-9(3)14(15)17(23)16-11(5)20(24)26-19(16)18/h6-7,14,16-19,23H,5H2,1-4H3/t14-,16-,17-,18+,19-/m0/s1. The van der Waals surface area contributed by atoms with E-state index in [9.17, 15) is 19.5 Å². The van der Waals surface area contributed by atoms with Crippen LogP contribution in [0.5, 0.6) is 0 Å². The minimum Gasteiger partial charge on any atom is -0.454 e. The van der Waals surface area contributed by atoms with Gasteiger partial charge in [-0.1, -0.05) is 17.7 Å². The van der Waals surface area contributed by atoms with Crippen LogP contribution in [-0.4, -0.2) is 41.1 Å². The molecule has 1 fully saturated rings. The summed E-state index contributed by atoms with van der Waals surface area (Å²) < 4.78 is 11.0. The molecule has 5 atom stereocenters. The maximum atomic E-state index is 12.5. The third kappa shape index (κ3) is 2.74. The molecule has 6 nitrogen and oxygen atoms in total. The SMILES string of the molecule is C=C1C(=O)O[C@H]2[C@@H]1[C@@H](O)[C@H]1C(C)=CC(=O)C1=C(C)[C@H]2OC(=O)C=C(C)C. The molecule has 0 aromatic rings. The fraction of sp³-hybridized carbons (Fsp3) is 0.450. The molecular weight excluding hydrogens is 336 g/mol. The fourth-order valence-electron chi connectivity index (χ4n) is 4.05. The van der Waals surface area contributed by atoms with E-state index >= 15 is 0 Å². The molecule has 3 aliphatic rings. The first-order chi connectivity index (χ1) is 12.1. The summed E-state index contributed by atoms with van der Waals surface area (Å²) in [5, 5.41) is 10.9. The molecule has 0 spiro atoms. The predicted octanol–water partition coefficient (Wildman–Crippen LogP) is 1.80. The number of aliphatic hydroxyl groups is 1. The van der Waals surface area contributed by atoms with Crippen LogP contribution in [0.4, 0.5) is 0 Å². The largest absolute Gasteiger partial charge is 0.454 e. The Morgan fingerprint density at radius 2 is 1.96 bits per heavy atom. The number of allylic oxidation sites excluding steroid dienone is 2. The molecule has 1 N–H and O–H groups in total. The molecule has 26 heavy (non-hydrogen) atoms. The van der Waals surface area contributed by atoms with E-state index in [1.165, 1.54) is 12.2 Å². The van der Waals surface area contributed by atoms with E-state index < -0.39 is 42.1 Å². The topological polar surface area (TPSA) is 89.9 Å². The van der Waals surface area contributed by atoms with Gasteiger partial charge in [0, 0.05) is 23.1 Å². The van der Waals surface area contributed by atoms with Crippen LogP contribution in [0.25, 0.3) is 0 Å². The first-order valence-electron chi connectivity index (χ1n) is 8.50. The monoisotopic (exact) mass is 358 g/mol. The van der Waals surface area contributed by atoms with Crippen molar-refractivity contribution < 1.29 is 29.0 Å². The van der Waals surface area contributed by atoms with Crippen LogP contribution >= 0.6 is 0 Å². The molecule has 138 valence electrons. The van der Waals surface area contributed by atoms with Crippen LogP contribution in [0.15, 0.2) is 46.6 Å². The number of hydrogen-bond donors (Lipinski definition) is 1. The van der Waals surface area contributed by atoms with E-state index in [0.717, 1.165) is 5.57 Å². The molecule has 3 rings (SSSR count). The lowest BCUT2D eigenvalue weighted by molar-refractivity contribution is -0.156. The van der Waals surface area contributed by atoms with Crippen molar-refractivity contribution in [3.8, 4) is 0 Å². The van der Waals surface area contributed by atoms with Crippen LogP contribution in [0.3, 0.4) is 0 Å². The van der Waals surface area contributed by atoms with E-state index in [0.29, 0.717) is 16.7 Å². The van der Waals surface area contributed by atoms with E-state index in [1.54, 1.807) is 27.7 Å². The van der Waals surface area contributed by atoms with Gasteiger partial charge in [-0.2, -0.15) is 0 Å². The molecular formula is C20H22O6. The fourth-order valence-corrected chi connectivity index (χ4v) is 4.05. The van der Waals surface area contributed by atoms with Gasteiger partial charge >= 0.3 is 11.9 Å². The number of hydrogen-bond acceptors (Lipinski definition) is 6. The molecule has 0 radical (unpaired) electrons. The lowest BCUT2D eigenvalue weighted by atomic mass is 9.81. The van der Waals surface area contributed by atoms with Crippen molar-refractivity contribution in [1.82, 2.24) is 0 Å². The van der Waals surface area contributed by atoms with Crippen molar-refractivity contribution in [2.24, 2.45) is 11.8 Å². The highest BCUT2D eigenvalue weighted by Gasteiger charge is 2.55. The summed E-state index contributed by atoms with van der Waals surface area (Å²) in [6, 6.07) is 0. The molecule has 1 heterocycles. The van der Waals surface area contributed by atoms with Gasteiger partial charge in [-0.15, -0.1) is 0 Å². The highest BCUT2D eigenvalue weighted by Crippen LogP contribution is 2.47. The van der Waals surface area contributed by atoms with Crippen molar-refractivity contribution in [1.29, 1.82) is 0 Å². The summed E-state index contributed by atoms with van der Waals surface area (Å²) in [4.78, 5) is 36.7. The molecule has 0 aromatic carbocycles. The number of fused-ring (bicyclic) bond motifs is 2. The van der Waals surface area contributed by atoms with Crippen LogP contribution in [0.1, 0.15) is 27.7 Å². The summed E-state index contributed by atoms with van der Waals surface area (Å²) in [6.07, 6.45) is -0.110. The van der Waals surface area contributed by atoms with Gasteiger partial charge in [0.15, 0.2) is 18.0 Å². The van der Waals surface area contributed by atoms with Crippen LogP contribution in [0.2, 0.25) is 0 Å². The van der Waals surface area contributed by atoms with Gasteiger partial charge in [0.05, 0.1) is 12.0 Å². The predicted molar refractivity (Wildman–Crippen MR) is 92.8 cm³/mol. The normalized spacial score (nSPS) is 33.2. The van der Waals surface area contributed by atoms with Crippen molar-refractivity contribution in [3.63, 3.8) is 0 Å². The number of ether oxygens (including phenoxy) is 2. The van der Waals surface area contributed by atoms with Crippen molar-refractivity contribution in [2.75, 3.05) is 0 Å².